The molecule has 0 aliphatic carbocycles. The highest BCUT2D eigenvalue weighted by molar-refractivity contribution is 7.99. The fourth-order valence-electron chi connectivity index (χ4n) is 1.39. The predicted molar refractivity (Wildman–Crippen MR) is 82.0 cm³/mol. The van der Waals surface area contributed by atoms with Crippen LogP contribution >= 0.6 is 11.8 Å². The summed E-state index contributed by atoms with van der Waals surface area (Å²) in [6.45, 7) is 19.6. The molecule has 0 spiro atoms. The monoisotopic (exact) mass is 258 g/mol. The van der Waals surface area contributed by atoms with Crippen LogP contribution in [0.3, 0.4) is 0 Å². The molecule has 3 heteroatoms. The van der Waals surface area contributed by atoms with E-state index < -0.39 is 0 Å². The van der Waals surface area contributed by atoms with Crippen molar-refractivity contribution in [3.05, 3.63) is 12.2 Å². The molecule has 0 fully saturated rings. The number of nitrogens with zero attached hydrogens (tertiary/aromatic N) is 1. The Bertz CT molecular complexity index is 205. The summed E-state index contributed by atoms with van der Waals surface area (Å²) >= 11 is 1.99. The van der Waals surface area contributed by atoms with E-state index in [0.717, 1.165) is 25.4 Å². The minimum absolute atomic E-state index is 0.189. The smallest absolute Gasteiger partial charge is 0.0175 e. The second kappa shape index (κ2) is 9.01. The van der Waals surface area contributed by atoms with E-state index in [1.54, 1.807) is 0 Å². The van der Waals surface area contributed by atoms with Crippen LogP contribution in [0.1, 0.15) is 34.6 Å². The van der Waals surface area contributed by atoms with Crippen molar-refractivity contribution in [2.75, 3.05) is 37.7 Å². The summed E-state index contributed by atoms with van der Waals surface area (Å²) in [7, 11) is 0. The summed E-state index contributed by atoms with van der Waals surface area (Å²) in [6, 6.07) is 0. The van der Waals surface area contributed by atoms with Crippen LogP contribution in [-0.2, 0) is 0 Å². The minimum Gasteiger partial charge on any atom is -0.308 e. The maximum Gasteiger partial charge on any atom is 0.0175 e. The van der Waals surface area contributed by atoms with Crippen molar-refractivity contribution >= 4 is 11.8 Å². The highest BCUT2D eigenvalue weighted by Crippen LogP contribution is 2.08. The van der Waals surface area contributed by atoms with E-state index in [9.17, 15) is 0 Å². The van der Waals surface area contributed by atoms with Gasteiger partial charge in [0.2, 0.25) is 0 Å². The van der Waals surface area contributed by atoms with Gasteiger partial charge in [-0.2, -0.15) is 11.8 Å². The van der Waals surface area contributed by atoms with Gasteiger partial charge >= 0.3 is 0 Å². The molecule has 2 nitrogen and oxygen atoms in total. The summed E-state index contributed by atoms with van der Waals surface area (Å²) in [6.07, 6.45) is 0. The molecular weight excluding hydrogens is 228 g/mol. The summed E-state index contributed by atoms with van der Waals surface area (Å²) in [5, 5.41) is 3.47. The first kappa shape index (κ1) is 17.0. The molecule has 0 unspecified atom stereocenters. The Morgan fingerprint density at radius 3 is 2.29 bits per heavy atom. The topological polar surface area (TPSA) is 15.3 Å². The second-order valence-electron chi connectivity index (χ2n) is 5.43. The minimum atomic E-state index is 0.189. The van der Waals surface area contributed by atoms with Crippen LogP contribution in [0.2, 0.25) is 0 Å². The molecule has 0 heterocycles. The molecule has 1 N–H and O–H groups in total. The van der Waals surface area contributed by atoms with Gasteiger partial charge < -0.3 is 10.2 Å². The van der Waals surface area contributed by atoms with Gasteiger partial charge in [-0.05, 0) is 33.9 Å². The van der Waals surface area contributed by atoms with Crippen LogP contribution in [0.5, 0.6) is 0 Å². The van der Waals surface area contributed by atoms with E-state index in [-0.39, 0.29) is 5.54 Å². The van der Waals surface area contributed by atoms with Gasteiger partial charge in [-0.25, -0.2) is 0 Å². The zero-order chi connectivity index (χ0) is 13.3. The molecule has 0 bridgehead atoms. The highest BCUT2D eigenvalue weighted by Gasteiger charge is 2.08. The molecule has 0 saturated heterocycles. The van der Waals surface area contributed by atoms with Crippen molar-refractivity contribution in [1.82, 2.24) is 10.2 Å². The van der Waals surface area contributed by atoms with Gasteiger partial charge in [-0.15, -0.1) is 0 Å². The standard InChI is InChI=1S/C14H30N2S/c1-7-16(8-2)9-10-17-12-13(3)11-15-14(4,5)6/h15H,3,7-12H2,1-2,4-6H3. The largest absolute Gasteiger partial charge is 0.308 e. The van der Waals surface area contributed by atoms with Crippen molar-refractivity contribution in [1.29, 1.82) is 0 Å². The van der Waals surface area contributed by atoms with Crippen LogP contribution in [0, 0.1) is 0 Å². The van der Waals surface area contributed by atoms with E-state index in [0.29, 0.717) is 0 Å². The van der Waals surface area contributed by atoms with E-state index in [1.165, 1.54) is 17.9 Å². The number of hydrogen-bond donors (Lipinski definition) is 1. The number of rotatable bonds is 9. The summed E-state index contributed by atoms with van der Waals surface area (Å²) < 4.78 is 0. The van der Waals surface area contributed by atoms with Gasteiger partial charge in [-0.3, -0.25) is 0 Å². The van der Waals surface area contributed by atoms with Gasteiger partial charge in [-0.1, -0.05) is 26.0 Å². The van der Waals surface area contributed by atoms with Crippen LogP contribution in [0.15, 0.2) is 12.2 Å². The molecular formula is C14H30N2S. The number of hydrogen-bond acceptors (Lipinski definition) is 3. The van der Waals surface area contributed by atoms with E-state index in [4.69, 9.17) is 0 Å². The lowest BCUT2D eigenvalue weighted by atomic mass is 10.1. The van der Waals surface area contributed by atoms with Gasteiger partial charge in [0.1, 0.15) is 0 Å². The molecule has 0 aromatic rings. The van der Waals surface area contributed by atoms with Gasteiger partial charge in [0.25, 0.3) is 0 Å². The Hall–Kier alpha value is 0.01000. The van der Waals surface area contributed by atoms with E-state index in [2.05, 4.69) is 51.4 Å². The van der Waals surface area contributed by atoms with Gasteiger partial charge in [0, 0.05) is 30.1 Å². The lowest BCUT2D eigenvalue weighted by molar-refractivity contribution is 0.324. The van der Waals surface area contributed by atoms with E-state index >= 15 is 0 Å². The Labute approximate surface area is 112 Å². The maximum atomic E-state index is 4.12. The quantitative estimate of drug-likeness (QED) is 0.505. The Balaban J connectivity index is 3.52. The molecule has 102 valence electrons. The van der Waals surface area contributed by atoms with Crippen molar-refractivity contribution in [2.45, 2.75) is 40.2 Å². The predicted octanol–water partition coefficient (Wildman–Crippen LogP) is 3.01. The molecule has 0 amide bonds. The van der Waals surface area contributed by atoms with Gasteiger partial charge in [0.15, 0.2) is 0 Å². The Morgan fingerprint density at radius 1 is 1.24 bits per heavy atom. The van der Waals surface area contributed by atoms with E-state index in [1.807, 2.05) is 11.8 Å². The summed E-state index contributed by atoms with van der Waals surface area (Å²) in [4.78, 5) is 2.46. The average Bonchev–Trinajstić information content (AvgIpc) is 2.26. The zero-order valence-electron chi connectivity index (χ0n) is 12.3. The lowest BCUT2D eigenvalue weighted by Crippen LogP contribution is -2.37. The molecule has 0 saturated carbocycles. The van der Waals surface area contributed by atoms with Crippen LogP contribution < -0.4 is 5.32 Å². The van der Waals surface area contributed by atoms with Crippen LogP contribution in [0.4, 0.5) is 0 Å². The first-order valence-corrected chi connectivity index (χ1v) is 7.76. The third-order valence-corrected chi connectivity index (χ3v) is 3.70. The first-order valence-electron chi connectivity index (χ1n) is 6.60. The molecule has 0 radical (unpaired) electrons. The highest BCUT2D eigenvalue weighted by atomic mass is 32.2. The van der Waals surface area contributed by atoms with Crippen molar-refractivity contribution in [2.24, 2.45) is 0 Å². The first-order chi connectivity index (χ1) is 7.89. The fraction of sp³-hybridized carbons (Fsp3) is 0.857. The molecule has 0 rings (SSSR count). The van der Waals surface area contributed by atoms with Crippen molar-refractivity contribution in [3.63, 3.8) is 0 Å². The summed E-state index contributed by atoms with van der Waals surface area (Å²) in [5.41, 5.74) is 1.49. The lowest BCUT2D eigenvalue weighted by Gasteiger charge is -2.21. The fourth-order valence-corrected chi connectivity index (χ4v) is 2.31. The molecule has 17 heavy (non-hydrogen) atoms. The van der Waals surface area contributed by atoms with Crippen molar-refractivity contribution in [3.8, 4) is 0 Å². The number of thioether (sulfide) groups is 1. The number of nitrogens with one attached hydrogen (secondary N) is 1. The normalized spacial score (nSPS) is 12.1. The average molecular weight is 258 g/mol. The molecule has 0 aromatic heterocycles. The molecule has 0 aromatic carbocycles. The third-order valence-electron chi connectivity index (χ3n) is 2.62. The molecule has 0 aliphatic rings. The maximum absolute atomic E-state index is 4.12. The third kappa shape index (κ3) is 10.9. The molecule has 0 atom stereocenters. The van der Waals surface area contributed by atoms with Crippen molar-refractivity contribution < 1.29 is 0 Å². The Morgan fingerprint density at radius 2 is 1.82 bits per heavy atom. The van der Waals surface area contributed by atoms with Gasteiger partial charge in [0.05, 0.1) is 0 Å². The van der Waals surface area contributed by atoms with Crippen LogP contribution in [0.25, 0.3) is 0 Å². The zero-order valence-corrected chi connectivity index (χ0v) is 13.1. The second-order valence-corrected chi connectivity index (χ2v) is 6.54. The van der Waals surface area contributed by atoms with Crippen LogP contribution in [-0.4, -0.2) is 48.1 Å². The Kier molecular flexibility index (Phi) is 9.01. The SMILES string of the molecule is C=C(CNC(C)(C)C)CSCCN(CC)CC. The summed E-state index contributed by atoms with van der Waals surface area (Å²) in [5.74, 6) is 2.28. The molecule has 0 aliphatic heterocycles.